The summed E-state index contributed by atoms with van der Waals surface area (Å²) in [4.78, 5) is 12.4. The van der Waals surface area contributed by atoms with Crippen LogP contribution in [-0.2, 0) is 6.42 Å². The first kappa shape index (κ1) is 25.5. The van der Waals surface area contributed by atoms with Crippen LogP contribution in [0.15, 0.2) is 78.9 Å². The average molecular weight is 455 g/mol. The third-order valence-corrected chi connectivity index (χ3v) is 6.39. The van der Waals surface area contributed by atoms with E-state index in [4.69, 9.17) is 0 Å². The van der Waals surface area contributed by atoms with Gasteiger partial charge in [0.2, 0.25) is 0 Å². The molecule has 0 aliphatic heterocycles. The van der Waals surface area contributed by atoms with E-state index in [2.05, 4.69) is 31.2 Å². The van der Waals surface area contributed by atoms with Crippen LogP contribution in [0.3, 0.4) is 0 Å². The fourth-order valence-electron chi connectivity index (χ4n) is 4.17. The Kier molecular flexibility index (Phi) is 10.2. The fourth-order valence-corrected chi connectivity index (χ4v) is 4.17. The molecule has 0 fully saturated rings. The quantitative estimate of drug-likeness (QED) is 0.121. The molecule has 0 heterocycles. The molecule has 34 heavy (non-hydrogen) atoms. The summed E-state index contributed by atoms with van der Waals surface area (Å²) in [5, 5.41) is 10.4. The minimum atomic E-state index is -0.200. The number of aliphatic hydroxyl groups is 1. The Morgan fingerprint density at radius 2 is 1.18 bits per heavy atom. The highest BCUT2D eigenvalue weighted by Gasteiger charge is 2.07. The monoisotopic (exact) mass is 454 g/mol. The minimum Gasteiger partial charge on any atom is -0.507 e. The van der Waals surface area contributed by atoms with Gasteiger partial charge in [0.05, 0.1) is 0 Å². The van der Waals surface area contributed by atoms with Crippen molar-refractivity contribution in [1.29, 1.82) is 0 Å². The zero-order chi connectivity index (χ0) is 24.2. The van der Waals surface area contributed by atoms with Crippen LogP contribution in [0.25, 0.3) is 16.9 Å². The van der Waals surface area contributed by atoms with E-state index in [1.807, 2.05) is 43.3 Å². The van der Waals surface area contributed by atoms with Crippen LogP contribution >= 0.6 is 0 Å². The van der Waals surface area contributed by atoms with Gasteiger partial charge in [-0.15, -0.1) is 0 Å². The zero-order valence-corrected chi connectivity index (χ0v) is 20.7. The lowest BCUT2D eigenvalue weighted by Gasteiger charge is -2.07. The van der Waals surface area contributed by atoms with E-state index in [1.165, 1.54) is 63.0 Å². The molecule has 3 aromatic rings. The second-order valence-corrected chi connectivity index (χ2v) is 9.26. The number of allylic oxidation sites excluding steroid dienone is 1. The molecule has 0 unspecified atom stereocenters. The van der Waals surface area contributed by atoms with Crippen LogP contribution < -0.4 is 0 Å². The van der Waals surface area contributed by atoms with Crippen molar-refractivity contribution in [1.82, 2.24) is 0 Å². The summed E-state index contributed by atoms with van der Waals surface area (Å²) in [5.41, 5.74) is 5.95. The van der Waals surface area contributed by atoms with Crippen LogP contribution in [-0.4, -0.2) is 10.9 Å². The minimum absolute atomic E-state index is 0.0159. The van der Waals surface area contributed by atoms with Gasteiger partial charge in [-0.2, -0.15) is 0 Å². The molecule has 0 aliphatic rings. The number of benzene rings is 3. The molecule has 0 saturated carbocycles. The number of aliphatic hydroxyl groups excluding tert-OH is 1. The molecule has 0 aliphatic carbocycles. The first-order valence-corrected chi connectivity index (χ1v) is 12.8. The van der Waals surface area contributed by atoms with Gasteiger partial charge in [-0.25, -0.2) is 0 Å². The number of hydrogen-bond acceptors (Lipinski definition) is 2. The number of hydrogen-bond donors (Lipinski definition) is 1. The summed E-state index contributed by atoms with van der Waals surface area (Å²) in [5.74, 6) is -0.216. The second kappa shape index (κ2) is 13.5. The van der Waals surface area contributed by atoms with Crippen molar-refractivity contribution in [2.75, 3.05) is 0 Å². The second-order valence-electron chi connectivity index (χ2n) is 9.26. The van der Waals surface area contributed by atoms with Crippen molar-refractivity contribution in [2.24, 2.45) is 0 Å². The number of unbranched alkanes of at least 4 members (excludes halogenated alkanes) is 7. The van der Waals surface area contributed by atoms with Gasteiger partial charge < -0.3 is 5.11 Å². The molecule has 0 radical (unpaired) electrons. The summed E-state index contributed by atoms with van der Waals surface area (Å²) in [6, 6.07) is 23.8. The van der Waals surface area contributed by atoms with Gasteiger partial charge in [-0.3, -0.25) is 4.79 Å². The molecule has 3 rings (SSSR count). The molecule has 3 aromatic carbocycles. The lowest BCUT2D eigenvalue weighted by Crippen LogP contribution is -1.96. The van der Waals surface area contributed by atoms with E-state index in [0.717, 1.165) is 23.1 Å². The largest absolute Gasteiger partial charge is 0.507 e. The maximum atomic E-state index is 12.4. The van der Waals surface area contributed by atoms with Crippen LogP contribution in [0, 0.1) is 6.92 Å². The maximum Gasteiger partial charge on any atom is 0.189 e. The molecule has 0 spiro atoms. The highest BCUT2D eigenvalue weighted by Crippen LogP contribution is 2.23. The molecule has 0 aromatic heterocycles. The number of ketones is 1. The van der Waals surface area contributed by atoms with E-state index in [1.54, 1.807) is 12.1 Å². The predicted octanol–water partition coefficient (Wildman–Crippen LogP) is 9.13. The van der Waals surface area contributed by atoms with Crippen molar-refractivity contribution >= 4 is 11.5 Å². The first-order chi connectivity index (χ1) is 16.6. The summed E-state index contributed by atoms with van der Waals surface area (Å²) in [7, 11) is 0. The molecule has 0 atom stereocenters. The smallest absolute Gasteiger partial charge is 0.189 e. The number of carbonyl (C=O) groups is 1. The Labute approximate surface area is 205 Å². The molecular weight excluding hydrogens is 416 g/mol. The molecule has 0 amide bonds. The summed E-state index contributed by atoms with van der Waals surface area (Å²) in [6.07, 6.45) is 13.2. The van der Waals surface area contributed by atoms with Crippen LogP contribution in [0.1, 0.15) is 85.3 Å². The molecule has 2 nitrogen and oxygen atoms in total. The van der Waals surface area contributed by atoms with Crippen LogP contribution in [0.4, 0.5) is 0 Å². The standard InChI is InChI=1S/C32H38O2/c1-3-4-5-6-7-8-9-10-11-26-14-18-27(19-15-26)28-20-22-30(23-21-28)32(34)24-31(33)29-16-12-25(2)13-17-29/h12-24,34H,3-11H2,1-2H3. The van der Waals surface area contributed by atoms with Gasteiger partial charge >= 0.3 is 0 Å². The summed E-state index contributed by atoms with van der Waals surface area (Å²) >= 11 is 0. The van der Waals surface area contributed by atoms with Crippen LogP contribution in [0.5, 0.6) is 0 Å². The highest BCUT2D eigenvalue weighted by atomic mass is 16.3. The van der Waals surface area contributed by atoms with E-state index >= 15 is 0 Å². The van der Waals surface area contributed by atoms with Gasteiger partial charge in [-0.1, -0.05) is 130 Å². The Hall–Kier alpha value is -3.13. The number of rotatable bonds is 13. The third-order valence-electron chi connectivity index (χ3n) is 6.39. The Morgan fingerprint density at radius 1 is 0.676 bits per heavy atom. The van der Waals surface area contributed by atoms with Gasteiger partial charge in [0, 0.05) is 17.2 Å². The van der Waals surface area contributed by atoms with E-state index in [0.29, 0.717) is 11.1 Å². The van der Waals surface area contributed by atoms with Crippen molar-refractivity contribution in [3.63, 3.8) is 0 Å². The molecular formula is C32H38O2. The van der Waals surface area contributed by atoms with Crippen molar-refractivity contribution in [2.45, 2.75) is 71.6 Å². The van der Waals surface area contributed by atoms with Crippen LogP contribution in [0.2, 0.25) is 0 Å². The lowest BCUT2D eigenvalue weighted by atomic mass is 9.99. The Morgan fingerprint density at radius 3 is 1.76 bits per heavy atom. The van der Waals surface area contributed by atoms with Crippen molar-refractivity contribution in [3.05, 3.63) is 101 Å². The average Bonchev–Trinajstić information content (AvgIpc) is 2.86. The maximum absolute atomic E-state index is 12.4. The van der Waals surface area contributed by atoms with Gasteiger partial charge in [0.15, 0.2) is 5.78 Å². The van der Waals surface area contributed by atoms with Gasteiger partial charge in [0.25, 0.3) is 0 Å². The SMILES string of the molecule is CCCCCCCCCCc1ccc(-c2ccc(C(O)=CC(=O)c3ccc(C)cc3)cc2)cc1. The summed E-state index contributed by atoms with van der Waals surface area (Å²) in [6.45, 7) is 4.24. The van der Waals surface area contributed by atoms with Crippen molar-refractivity contribution in [3.8, 4) is 11.1 Å². The third kappa shape index (κ3) is 8.02. The fraction of sp³-hybridized carbons (Fsp3) is 0.344. The normalized spacial score (nSPS) is 11.5. The molecule has 0 saturated heterocycles. The molecule has 178 valence electrons. The first-order valence-electron chi connectivity index (χ1n) is 12.8. The lowest BCUT2D eigenvalue weighted by molar-refractivity contribution is 0.104. The zero-order valence-electron chi connectivity index (χ0n) is 20.7. The number of aryl methyl sites for hydroxylation is 2. The van der Waals surface area contributed by atoms with Gasteiger partial charge in [0.1, 0.15) is 5.76 Å². The van der Waals surface area contributed by atoms with E-state index in [-0.39, 0.29) is 11.5 Å². The van der Waals surface area contributed by atoms with Crippen molar-refractivity contribution < 1.29 is 9.90 Å². The van der Waals surface area contributed by atoms with Gasteiger partial charge in [-0.05, 0) is 36.5 Å². The Bertz CT molecular complexity index is 1040. The highest BCUT2D eigenvalue weighted by molar-refractivity contribution is 6.07. The topological polar surface area (TPSA) is 37.3 Å². The summed E-state index contributed by atoms with van der Waals surface area (Å²) < 4.78 is 0. The van der Waals surface area contributed by atoms with E-state index < -0.39 is 0 Å². The predicted molar refractivity (Wildman–Crippen MR) is 144 cm³/mol. The Balaban J connectivity index is 1.50. The number of carbonyl (C=O) groups excluding carboxylic acids is 1. The van der Waals surface area contributed by atoms with E-state index in [9.17, 15) is 9.90 Å². The molecule has 1 N–H and O–H groups in total. The molecule has 0 bridgehead atoms. The molecule has 2 heteroatoms.